The molecule has 1 unspecified atom stereocenters. The topological polar surface area (TPSA) is 58.7 Å². The number of rotatable bonds is 6. The van der Waals surface area contributed by atoms with Gasteiger partial charge in [-0.05, 0) is 63.9 Å². The van der Waals surface area contributed by atoms with E-state index in [1.165, 1.54) is 19.3 Å². The number of ether oxygens (including phenoxy) is 1. The normalized spacial score (nSPS) is 19.2. The van der Waals surface area contributed by atoms with Crippen molar-refractivity contribution in [1.82, 2.24) is 4.90 Å². The monoisotopic (exact) mass is 292 g/mol. The van der Waals surface area contributed by atoms with Gasteiger partial charge in [-0.3, -0.25) is 4.90 Å². The summed E-state index contributed by atoms with van der Waals surface area (Å²) >= 11 is 0. The molecule has 1 saturated heterocycles. The molecule has 0 amide bonds. The molecule has 0 aliphatic carbocycles. The molecule has 0 spiro atoms. The summed E-state index contributed by atoms with van der Waals surface area (Å²) in [6, 6.07) is 5.62. The average Bonchev–Trinajstić information content (AvgIpc) is 2.51. The first-order valence-corrected chi connectivity index (χ1v) is 7.99. The Bertz CT molecular complexity index is 458. The molecule has 1 fully saturated rings. The number of phenolic OH excluding ortho intramolecular Hbond substituents is 1. The van der Waals surface area contributed by atoms with E-state index in [0.717, 1.165) is 25.1 Å². The zero-order chi connectivity index (χ0) is 15.3. The van der Waals surface area contributed by atoms with E-state index in [0.29, 0.717) is 18.9 Å². The largest absolute Gasteiger partial charge is 0.504 e. The van der Waals surface area contributed by atoms with Crippen molar-refractivity contribution in [2.75, 3.05) is 26.2 Å². The van der Waals surface area contributed by atoms with E-state index in [4.69, 9.17) is 10.5 Å². The van der Waals surface area contributed by atoms with Gasteiger partial charge in [-0.2, -0.15) is 0 Å². The zero-order valence-corrected chi connectivity index (χ0v) is 13.3. The highest BCUT2D eigenvalue weighted by Crippen LogP contribution is 2.30. The molecule has 0 saturated carbocycles. The molecule has 2 rings (SSSR count). The maximum atomic E-state index is 9.81. The highest BCUT2D eigenvalue weighted by atomic mass is 16.5. The molecule has 1 aromatic rings. The van der Waals surface area contributed by atoms with E-state index in [1.54, 1.807) is 6.07 Å². The van der Waals surface area contributed by atoms with Crippen molar-refractivity contribution in [2.45, 2.75) is 45.1 Å². The van der Waals surface area contributed by atoms with Crippen LogP contribution in [0.3, 0.4) is 0 Å². The Labute approximate surface area is 127 Å². The van der Waals surface area contributed by atoms with Crippen LogP contribution in [0.5, 0.6) is 11.5 Å². The number of likely N-dealkylation sites (tertiary alicyclic amines) is 1. The van der Waals surface area contributed by atoms with Gasteiger partial charge in [0.15, 0.2) is 11.5 Å². The first kappa shape index (κ1) is 16.1. The SMILES string of the molecule is CCOc1cc(CC(C)(CN)N2CCCCC2)ccc1O. The molecule has 118 valence electrons. The summed E-state index contributed by atoms with van der Waals surface area (Å²) < 4.78 is 5.48. The maximum absolute atomic E-state index is 9.81. The first-order chi connectivity index (χ1) is 10.1. The summed E-state index contributed by atoms with van der Waals surface area (Å²) in [4.78, 5) is 2.52. The number of hydrogen-bond acceptors (Lipinski definition) is 4. The number of piperidine rings is 1. The molecule has 1 atom stereocenters. The predicted molar refractivity (Wildman–Crippen MR) is 85.9 cm³/mol. The average molecular weight is 292 g/mol. The van der Waals surface area contributed by atoms with E-state index in [-0.39, 0.29) is 11.3 Å². The number of hydrogen-bond donors (Lipinski definition) is 2. The van der Waals surface area contributed by atoms with Crippen LogP contribution >= 0.6 is 0 Å². The third-order valence-electron chi connectivity index (χ3n) is 4.47. The standard InChI is InChI=1S/C17H28N2O2/c1-3-21-16-11-14(7-8-15(16)20)12-17(2,13-18)19-9-5-4-6-10-19/h7-8,11,20H,3-6,9-10,12-13,18H2,1-2H3. The third-order valence-corrected chi connectivity index (χ3v) is 4.47. The Morgan fingerprint density at radius 2 is 2.00 bits per heavy atom. The predicted octanol–water partition coefficient (Wildman–Crippen LogP) is 2.54. The molecule has 4 heteroatoms. The molecule has 1 aromatic carbocycles. The third kappa shape index (κ3) is 3.89. The molecule has 1 aliphatic rings. The van der Waals surface area contributed by atoms with Gasteiger partial charge in [-0.25, -0.2) is 0 Å². The zero-order valence-electron chi connectivity index (χ0n) is 13.3. The lowest BCUT2D eigenvalue weighted by Gasteiger charge is -2.43. The second-order valence-corrected chi connectivity index (χ2v) is 6.16. The van der Waals surface area contributed by atoms with Gasteiger partial charge < -0.3 is 15.6 Å². The molecule has 1 heterocycles. The number of nitrogens with two attached hydrogens (primary N) is 1. The fourth-order valence-electron chi connectivity index (χ4n) is 3.13. The number of aromatic hydroxyl groups is 1. The molecule has 21 heavy (non-hydrogen) atoms. The first-order valence-electron chi connectivity index (χ1n) is 7.99. The van der Waals surface area contributed by atoms with Gasteiger partial charge in [0.1, 0.15) is 0 Å². The van der Waals surface area contributed by atoms with Crippen LogP contribution in [0.15, 0.2) is 18.2 Å². The van der Waals surface area contributed by atoms with E-state index in [1.807, 2.05) is 19.1 Å². The Hall–Kier alpha value is -1.26. The summed E-state index contributed by atoms with van der Waals surface area (Å²) in [5, 5.41) is 9.81. The van der Waals surface area contributed by atoms with Crippen LogP contribution in [0, 0.1) is 0 Å². The van der Waals surface area contributed by atoms with Crippen molar-refractivity contribution in [1.29, 1.82) is 0 Å². The Morgan fingerprint density at radius 1 is 1.29 bits per heavy atom. The molecule has 4 nitrogen and oxygen atoms in total. The van der Waals surface area contributed by atoms with Gasteiger partial charge in [-0.15, -0.1) is 0 Å². The van der Waals surface area contributed by atoms with E-state index in [9.17, 15) is 5.11 Å². The lowest BCUT2D eigenvalue weighted by atomic mass is 9.89. The fraction of sp³-hybridized carbons (Fsp3) is 0.647. The van der Waals surface area contributed by atoms with Gasteiger partial charge in [0, 0.05) is 12.1 Å². The molecular weight excluding hydrogens is 264 g/mol. The van der Waals surface area contributed by atoms with Crippen molar-refractivity contribution in [2.24, 2.45) is 5.73 Å². The highest BCUT2D eigenvalue weighted by Gasteiger charge is 2.31. The fourth-order valence-corrected chi connectivity index (χ4v) is 3.13. The molecular formula is C17H28N2O2. The van der Waals surface area contributed by atoms with Crippen LogP contribution in [0.2, 0.25) is 0 Å². The Kier molecular flexibility index (Phi) is 5.48. The minimum atomic E-state index is -0.0269. The van der Waals surface area contributed by atoms with E-state index in [2.05, 4.69) is 11.8 Å². The maximum Gasteiger partial charge on any atom is 0.161 e. The van der Waals surface area contributed by atoms with Gasteiger partial charge in [0.05, 0.1) is 6.61 Å². The summed E-state index contributed by atoms with van der Waals surface area (Å²) in [6.45, 7) is 7.61. The van der Waals surface area contributed by atoms with Crippen LogP contribution in [0.25, 0.3) is 0 Å². The molecule has 0 aromatic heterocycles. The summed E-state index contributed by atoms with van der Waals surface area (Å²) in [7, 11) is 0. The Morgan fingerprint density at radius 3 is 2.62 bits per heavy atom. The smallest absolute Gasteiger partial charge is 0.161 e. The number of benzene rings is 1. The van der Waals surface area contributed by atoms with Gasteiger partial charge in [0.25, 0.3) is 0 Å². The number of phenols is 1. The van der Waals surface area contributed by atoms with Crippen LogP contribution in [0.1, 0.15) is 38.7 Å². The summed E-state index contributed by atoms with van der Waals surface area (Å²) in [6.07, 6.45) is 4.72. The molecule has 0 bridgehead atoms. The lowest BCUT2D eigenvalue weighted by Crippen LogP contribution is -2.54. The lowest BCUT2D eigenvalue weighted by molar-refractivity contribution is 0.0869. The van der Waals surface area contributed by atoms with Crippen molar-refractivity contribution >= 4 is 0 Å². The molecule has 1 aliphatic heterocycles. The van der Waals surface area contributed by atoms with E-state index >= 15 is 0 Å². The Balaban J connectivity index is 2.15. The quantitative estimate of drug-likeness (QED) is 0.846. The van der Waals surface area contributed by atoms with Crippen molar-refractivity contribution in [3.8, 4) is 11.5 Å². The van der Waals surface area contributed by atoms with Gasteiger partial charge in [-0.1, -0.05) is 12.5 Å². The van der Waals surface area contributed by atoms with Crippen molar-refractivity contribution < 1.29 is 9.84 Å². The second-order valence-electron chi connectivity index (χ2n) is 6.16. The highest BCUT2D eigenvalue weighted by molar-refractivity contribution is 5.42. The molecule has 0 radical (unpaired) electrons. The van der Waals surface area contributed by atoms with Gasteiger partial charge >= 0.3 is 0 Å². The second kappa shape index (κ2) is 7.14. The summed E-state index contributed by atoms with van der Waals surface area (Å²) in [5.74, 6) is 0.765. The number of nitrogens with zero attached hydrogens (tertiary/aromatic N) is 1. The summed E-state index contributed by atoms with van der Waals surface area (Å²) in [5.41, 5.74) is 7.22. The minimum Gasteiger partial charge on any atom is -0.504 e. The van der Waals surface area contributed by atoms with E-state index < -0.39 is 0 Å². The van der Waals surface area contributed by atoms with Crippen LogP contribution in [0.4, 0.5) is 0 Å². The molecule has 3 N–H and O–H groups in total. The van der Waals surface area contributed by atoms with Gasteiger partial charge in [0.2, 0.25) is 0 Å². The van der Waals surface area contributed by atoms with Crippen LogP contribution in [-0.4, -0.2) is 41.8 Å². The van der Waals surface area contributed by atoms with Crippen molar-refractivity contribution in [3.05, 3.63) is 23.8 Å². The van der Waals surface area contributed by atoms with Crippen LogP contribution in [-0.2, 0) is 6.42 Å². The van der Waals surface area contributed by atoms with Crippen molar-refractivity contribution in [3.63, 3.8) is 0 Å². The van der Waals surface area contributed by atoms with Crippen LogP contribution < -0.4 is 10.5 Å². The minimum absolute atomic E-state index is 0.0269.